The maximum Gasteiger partial charge on any atom is 0.325 e. The minimum atomic E-state index is -1.19. The van der Waals surface area contributed by atoms with Crippen LogP contribution >= 0.6 is 0 Å². The van der Waals surface area contributed by atoms with Gasteiger partial charge in [-0.1, -0.05) is 13.8 Å². The first-order valence-corrected chi connectivity index (χ1v) is 7.14. The third-order valence-corrected chi connectivity index (χ3v) is 2.90. The molecule has 1 atom stereocenters. The van der Waals surface area contributed by atoms with E-state index < -0.39 is 30.7 Å². The number of pyridine rings is 1. The molecule has 0 aromatic carbocycles. The average Bonchev–Trinajstić information content (AvgIpc) is 2.54. The summed E-state index contributed by atoms with van der Waals surface area (Å²) < 4.78 is 15.3. The van der Waals surface area contributed by atoms with Gasteiger partial charge in [0, 0.05) is 12.3 Å². The number of carbonyl (C=O) groups is 3. The van der Waals surface area contributed by atoms with Crippen LogP contribution in [0.1, 0.15) is 31.3 Å². The first-order valence-electron chi connectivity index (χ1n) is 7.14. The summed E-state index contributed by atoms with van der Waals surface area (Å²) in [5, 5.41) is 11.1. The van der Waals surface area contributed by atoms with Crippen LogP contribution in [0.25, 0.3) is 0 Å². The number of hydrogen-bond acceptors (Lipinski definition) is 7. The van der Waals surface area contributed by atoms with Crippen molar-refractivity contribution in [3.8, 4) is 11.5 Å². The van der Waals surface area contributed by atoms with Gasteiger partial charge in [-0.15, -0.1) is 0 Å². The lowest BCUT2D eigenvalue weighted by Crippen LogP contribution is -2.38. The van der Waals surface area contributed by atoms with E-state index in [4.69, 9.17) is 19.3 Å². The molecule has 0 spiro atoms. The fraction of sp³-hybridized carbons (Fsp3) is 0.467. The van der Waals surface area contributed by atoms with E-state index in [0.717, 1.165) is 0 Å². The highest BCUT2D eigenvalue weighted by atomic mass is 16.7. The van der Waals surface area contributed by atoms with E-state index in [2.05, 4.69) is 10.3 Å². The van der Waals surface area contributed by atoms with Gasteiger partial charge in [-0.05, 0) is 6.92 Å². The van der Waals surface area contributed by atoms with Gasteiger partial charge in [-0.25, -0.2) is 4.98 Å². The molecule has 0 saturated heterocycles. The molecule has 132 valence electrons. The number of carboxylic acids is 1. The van der Waals surface area contributed by atoms with E-state index in [1.807, 2.05) is 0 Å². The van der Waals surface area contributed by atoms with Crippen LogP contribution in [0, 0.1) is 5.92 Å². The van der Waals surface area contributed by atoms with Crippen LogP contribution in [0.5, 0.6) is 11.5 Å². The first-order chi connectivity index (χ1) is 11.3. The Bertz CT molecular complexity index is 616. The van der Waals surface area contributed by atoms with Gasteiger partial charge < -0.3 is 24.6 Å². The highest BCUT2D eigenvalue weighted by molar-refractivity contribution is 5.97. The number of rotatable bonds is 8. The topological polar surface area (TPSA) is 124 Å². The van der Waals surface area contributed by atoms with Gasteiger partial charge in [0.1, 0.15) is 6.04 Å². The largest absolute Gasteiger partial charge is 0.493 e. The number of ether oxygens (including phenoxy) is 3. The Morgan fingerprint density at radius 2 is 1.96 bits per heavy atom. The minimum absolute atomic E-state index is 0.0494. The van der Waals surface area contributed by atoms with E-state index in [-0.39, 0.29) is 23.1 Å². The highest BCUT2D eigenvalue weighted by Crippen LogP contribution is 2.29. The molecule has 0 unspecified atom stereocenters. The van der Waals surface area contributed by atoms with Gasteiger partial charge in [0.2, 0.25) is 6.79 Å². The molecular formula is C15H20N2O7. The van der Waals surface area contributed by atoms with Crippen LogP contribution in [-0.4, -0.2) is 47.9 Å². The number of aliphatic carboxylic acids is 1. The summed E-state index contributed by atoms with van der Waals surface area (Å²) in [5.74, 6) is -2.61. The quantitative estimate of drug-likeness (QED) is 0.527. The lowest BCUT2D eigenvalue weighted by molar-refractivity contribution is -0.154. The molecule has 0 aliphatic carbocycles. The summed E-state index contributed by atoms with van der Waals surface area (Å²) in [6, 6.07) is 0.342. The minimum Gasteiger partial charge on any atom is -0.493 e. The lowest BCUT2D eigenvalue weighted by Gasteiger charge is -2.15. The van der Waals surface area contributed by atoms with Crippen LogP contribution in [0.15, 0.2) is 12.3 Å². The Hall–Kier alpha value is -2.84. The Morgan fingerprint density at radius 3 is 2.50 bits per heavy atom. The second-order valence-electron chi connectivity index (χ2n) is 5.10. The Morgan fingerprint density at radius 1 is 1.29 bits per heavy atom. The zero-order valence-corrected chi connectivity index (χ0v) is 13.9. The molecule has 1 heterocycles. The normalized spacial score (nSPS) is 11.5. The van der Waals surface area contributed by atoms with E-state index >= 15 is 0 Å². The summed E-state index contributed by atoms with van der Waals surface area (Å²) >= 11 is 0. The number of amides is 1. The van der Waals surface area contributed by atoms with Crippen LogP contribution in [0.4, 0.5) is 0 Å². The molecule has 9 nitrogen and oxygen atoms in total. The van der Waals surface area contributed by atoms with Gasteiger partial charge in [0.15, 0.2) is 17.2 Å². The Labute approximate surface area is 138 Å². The van der Waals surface area contributed by atoms with Crippen molar-refractivity contribution in [1.82, 2.24) is 10.3 Å². The van der Waals surface area contributed by atoms with Gasteiger partial charge in [0.25, 0.3) is 5.91 Å². The predicted molar refractivity (Wildman–Crippen MR) is 81.8 cm³/mol. The number of carbonyl (C=O) groups excluding carboxylic acids is 2. The van der Waals surface area contributed by atoms with Crippen molar-refractivity contribution in [2.24, 2.45) is 5.92 Å². The maximum absolute atomic E-state index is 12.2. The summed E-state index contributed by atoms with van der Waals surface area (Å²) in [5.41, 5.74) is -0.178. The summed E-state index contributed by atoms with van der Waals surface area (Å²) in [4.78, 5) is 38.3. The van der Waals surface area contributed by atoms with Crippen LogP contribution < -0.4 is 14.8 Å². The van der Waals surface area contributed by atoms with Gasteiger partial charge in [-0.3, -0.25) is 14.4 Å². The van der Waals surface area contributed by atoms with Crippen LogP contribution in [-0.2, 0) is 14.3 Å². The van der Waals surface area contributed by atoms with E-state index in [9.17, 15) is 14.4 Å². The molecule has 0 saturated carbocycles. The smallest absolute Gasteiger partial charge is 0.325 e. The zero-order valence-electron chi connectivity index (χ0n) is 13.9. The second-order valence-corrected chi connectivity index (χ2v) is 5.10. The fourth-order valence-corrected chi connectivity index (χ4v) is 1.53. The van der Waals surface area contributed by atoms with Gasteiger partial charge in [-0.2, -0.15) is 0 Å². The number of esters is 1. The summed E-state index contributed by atoms with van der Waals surface area (Å²) in [6.07, 6.45) is 1.31. The van der Waals surface area contributed by atoms with Crippen molar-refractivity contribution in [2.45, 2.75) is 26.8 Å². The van der Waals surface area contributed by atoms with E-state index in [0.29, 0.717) is 0 Å². The molecule has 9 heteroatoms. The lowest BCUT2D eigenvalue weighted by atomic mass is 10.2. The van der Waals surface area contributed by atoms with Crippen molar-refractivity contribution in [1.29, 1.82) is 0 Å². The highest BCUT2D eigenvalue weighted by Gasteiger charge is 2.23. The van der Waals surface area contributed by atoms with Crippen molar-refractivity contribution in [3.05, 3.63) is 18.0 Å². The van der Waals surface area contributed by atoms with Gasteiger partial charge in [0.05, 0.1) is 13.0 Å². The maximum atomic E-state index is 12.2. The molecular weight excluding hydrogens is 320 g/mol. The van der Waals surface area contributed by atoms with Crippen LogP contribution in [0.2, 0.25) is 0 Å². The standard InChI is InChI=1S/C15H20N2O7/c1-8(2)15(21)24-7-23-12-10(22-4)5-6-16-11(12)13(18)17-9(3)14(19)20/h5-6,8-9H,7H2,1-4H3,(H,17,18)(H,19,20)/t9-/m0/s1. The van der Waals surface area contributed by atoms with Crippen molar-refractivity contribution in [2.75, 3.05) is 13.9 Å². The Balaban J connectivity index is 2.94. The predicted octanol–water partition coefficient (Wildman–Crippen LogP) is 0.829. The SMILES string of the molecule is COc1ccnc(C(=O)N[C@@H](C)C(=O)O)c1OCOC(=O)C(C)C. The molecule has 1 rings (SSSR count). The number of carboxylic acid groups (broad SMARTS) is 1. The van der Waals surface area contributed by atoms with Gasteiger partial charge >= 0.3 is 11.9 Å². The molecule has 1 aromatic rings. The summed E-state index contributed by atoms with van der Waals surface area (Å²) in [7, 11) is 1.36. The molecule has 0 radical (unpaired) electrons. The van der Waals surface area contributed by atoms with E-state index in [1.54, 1.807) is 13.8 Å². The molecule has 0 aliphatic rings. The van der Waals surface area contributed by atoms with E-state index in [1.165, 1.54) is 26.3 Å². The first kappa shape index (κ1) is 19.2. The van der Waals surface area contributed by atoms with Crippen molar-refractivity contribution in [3.63, 3.8) is 0 Å². The second kappa shape index (κ2) is 8.70. The van der Waals surface area contributed by atoms with Crippen LogP contribution in [0.3, 0.4) is 0 Å². The zero-order chi connectivity index (χ0) is 18.3. The summed E-state index contributed by atoms with van der Waals surface area (Å²) in [6.45, 7) is 4.21. The molecule has 0 aliphatic heterocycles. The number of methoxy groups -OCH3 is 1. The Kier molecular flexibility index (Phi) is 6.97. The molecule has 2 N–H and O–H groups in total. The molecule has 1 aromatic heterocycles. The molecule has 0 fully saturated rings. The molecule has 1 amide bonds. The number of nitrogens with zero attached hydrogens (tertiary/aromatic N) is 1. The van der Waals surface area contributed by atoms with Crippen molar-refractivity contribution >= 4 is 17.8 Å². The molecule has 0 bridgehead atoms. The van der Waals surface area contributed by atoms with Crippen molar-refractivity contribution < 1.29 is 33.7 Å². The third-order valence-electron chi connectivity index (χ3n) is 2.90. The monoisotopic (exact) mass is 340 g/mol. The fourth-order valence-electron chi connectivity index (χ4n) is 1.53. The average molecular weight is 340 g/mol. The number of nitrogens with one attached hydrogen (secondary N) is 1. The third kappa shape index (κ3) is 5.11. The molecule has 24 heavy (non-hydrogen) atoms. The number of aromatic nitrogens is 1. The number of hydrogen-bond donors (Lipinski definition) is 2.